The largest absolute Gasteiger partial charge is 0.495 e. The van der Waals surface area contributed by atoms with Crippen molar-refractivity contribution in [2.24, 2.45) is 0 Å². The third-order valence-corrected chi connectivity index (χ3v) is 3.28. The number of hydrogen-bond acceptors (Lipinski definition) is 2. The molecule has 2 aromatic carbocycles. The zero-order valence-corrected chi connectivity index (χ0v) is 12.8. The molecule has 0 aliphatic carbocycles. The Labute approximate surface area is 133 Å². The van der Waals surface area contributed by atoms with Gasteiger partial charge in [-0.05, 0) is 36.2 Å². The fourth-order valence-corrected chi connectivity index (χ4v) is 2.13. The summed E-state index contributed by atoms with van der Waals surface area (Å²) in [6.45, 7) is 0.315. The first kappa shape index (κ1) is 16.1. The van der Waals surface area contributed by atoms with Crippen LogP contribution in [0.15, 0.2) is 42.5 Å². The standard InChI is InChI=1S/C16H16ClFN2O2/c1-22-15-7-6-12(17)10-14(15)20-16(21)19-9-8-11-4-2-3-5-13(11)18/h2-7,10H,8-9H2,1H3,(H2,19,20,21). The minimum atomic E-state index is -0.406. The highest BCUT2D eigenvalue weighted by atomic mass is 35.5. The van der Waals surface area contributed by atoms with Crippen molar-refractivity contribution in [3.8, 4) is 5.75 Å². The van der Waals surface area contributed by atoms with Crippen LogP contribution in [0, 0.1) is 5.82 Å². The second kappa shape index (κ2) is 7.66. The third-order valence-electron chi connectivity index (χ3n) is 3.05. The SMILES string of the molecule is COc1ccc(Cl)cc1NC(=O)NCCc1ccccc1F. The Morgan fingerprint density at radius 1 is 1.27 bits per heavy atom. The number of methoxy groups -OCH3 is 1. The summed E-state index contributed by atoms with van der Waals surface area (Å²) in [5.41, 5.74) is 1.03. The van der Waals surface area contributed by atoms with Crippen molar-refractivity contribution in [2.45, 2.75) is 6.42 Å². The summed E-state index contributed by atoms with van der Waals surface area (Å²) in [5, 5.41) is 5.80. The molecule has 2 rings (SSSR count). The molecule has 6 heteroatoms. The number of amides is 2. The normalized spacial score (nSPS) is 10.1. The fraction of sp³-hybridized carbons (Fsp3) is 0.188. The molecule has 0 radical (unpaired) electrons. The molecule has 2 aromatic rings. The lowest BCUT2D eigenvalue weighted by Crippen LogP contribution is -2.30. The number of urea groups is 1. The van der Waals surface area contributed by atoms with Gasteiger partial charge in [-0.15, -0.1) is 0 Å². The summed E-state index contributed by atoms with van der Waals surface area (Å²) in [5.74, 6) is 0.231. The van der Waals surface area contributed by atoms with E-state index in [9.17, 15) is 9.18 Å². The molecular weight excluding hydrogens is 307 g/mol. The van der Waals surface area contributed by atoms with E-state index in [0.717, 1.165) is 0 Å². The van der Waals surface area contributed by atoms with Crippen molar-refractivity contribution in [1.29, 1.82) is 0 Å². The summed E-state index contributed by atoms with van der Waals surface area (Å²) >= 11 is 5.89. The second-order valence-electron chi connectivity index (χ2n) is 4.57. The maximum absolute atomic E-state index is 13.4. The molecule has 0 aromatic heterocycles. The summed E-state index contributed by atoms with van der Waals surface area (Å²) < 4.78 is 18.6. The Morgan fingerprint density at radius 3 is 2.77 bits per heavy atom. The molecule has 0 spiro atoms. The Kier molecular flexibility index (Phi) is 5.61. The quantitative estimate of drug-likeness (QED) is 0.878. The molecule has 22 heavy (non-hydrogen) atoms. The van der Waals surface area contributed by atoms with Gasteiger partial charge < -0.3 is 15.4 Å². The van der Waals surface area contributed by atoms with E-state index in [1.165, 1.54) is 13.2 Å². The van der Waals surface area contributed by atoms with Crippen LogP contribution in [0.3, 0.4) is 0 Å². The topological polar surface area (TPSA) is 50.4 Å². The molecule has 116 valence electrons. The lowest BCUT2D eigenvalue weighted by Gasteiger charge is -2.11. The molecule has 0 atom stereocenters. The van der Waals surface area contributed by atoms with Gasteiger partial charge >= 0.3 is 6.03 Å². The van der Waals surface area contributed by atoms with Crippen molar-refractivity contribution in [3.63, 3.8) is 0 Å². The number of ether oxygens (including phenoxy) is 1. The molecule has 2 N–H and O–H groups in total. The van der Waals surface area contributed by atoms with Gasteiger partial charge in [0.15, 0.2) is 0 Å². The van der Waals surface area contributed by atoms with Crippen LogP contribution in [0.4, 0.5) is 14.9 Å². The van der Waals surface area contributed by atoms with Crippen molar-refractivity contribution in [2.75, 3.05) is 19.0 Å². The average molecular weight is 323 g/mol. The summed E-state index contributed by atoms with van der Waals surface area (Å²) in [7, 11) is 1.50. The van der Waals surface area contributed by atoms with Gasteiger partial charge in [-0.25, -0.2) is 9.18 Å². The van der Waals surface area contributed by atoms with Crippen LogP contribution in [0.1, 0.15) is 5.56 Å². The first-order valence-corrected chi connectivity index (χ1v) is 7.09. The Morgan fingerprint density at radius 2 is 2.05 bits per heavy atom. The molecule has 0 heterocycles. The van der Waals surface area contributed by atoms with Gasteiger partial charge in [-0.2, -0.15) is 0 Å². The fourth-order valence-electron chi connectivity index (χ4n) is 1.96. The van der Waals surface area contributed by atoms with E-state index in [1.807, 2.05) is 0 Å². The van der Waals surface area contributed by atoms with Gasteiger partial charge in [-0.1, -0.05) is 29.8 Å². The van der Waals surface area contributed by atoms with Gasteiger partial charge in [0.2, 0.25) is 0 Å². The van der Waals surface area contributed by atoms with E-state index in [4.69, 9.17) is 16.3 Å². The molecule has 0 aliphatic rings. The number of carbonyl (C=O) groups is 1. The molecule has 0 bridgehead atoms. The number of carbonyl (C=O) groups excluding carboxylic acids is 1. The van der Waals surface area contributed by atoms with E-state index < -0.39 is 6.03 Å². The summed E-state index contributed by atoms with van der Waals surface area (Å²) in [6, 6.07) is 11.0. The second-order valence-corrected chi connectivity index (χ2v) is 5.00. The molecular formula is C16H16ClFN2O2. The number of anilines is 1. The Hall–Kier alpha value is -2.27. The first-order chi connectivity index (χ1) is 10.6. The van der Waals surface area contributed by atoms with E-state index in [1.54, 1.807) is 36.4 Å². The van der Waals surface area contributed by atoms with Crippen LogP contribution in [0.2, 0.25) is 5.02 Å². The molecule has 4 nitrogen and oxygen atoms in total. The minimum Gasteiger partial charge on any atom is -0.495 e. The van der Waals surface area contributed by atoms with Gasteiger partial charge in [0.25, 0.3) is 0 Å². The monoisotopic (exact) mass is 322 g/mol. The van der Waals surface area contributed by atoms with E-state index >= 15 is 0 Å². The molecule has 0 aliphatic heterocycles. The predicted octanol–water partition coefficient (Wildman–Crippen LogP) is 3.85. The lowest BCUT2D eigenvalue weighted by atomic mass is 10.1. The van der Waals surface area contributed by atoms with Crippen LogP contribution < -0.4 is 15.4 Å². The molecule has 0 saturated carbocycles. The number of benzene rings is 2. The van der Waals surface area contributed by atoms with Crippen molar-refractivity contribution >= 4 is 23.3 Å². The van der Waals surface area contributed by atoms with Crippen molar-refractivity contribution < 1.29 is 13.9 Å². The highest BCUT2D eigenvalue weighted by Gasteiger charge is 2.08. The number of hydrogen-bond donors (Lipinski definition) is 2. The average Bonchev–Trinajstić information content (AvgIpc) is 2.49. The van der Waals surface area contributed by atoms with E-state index in [2.05, 4.69) is 10.6 Å². The van der Waals surface area contributed by atoms with Gasteiger partial charge in [0.1, 0.15) is 11.6 Å². The molecule has 0 saturated heterocycles. The zero-order valence-electron chi connectivity index (χ0n) is 12.0. The number of nitrogens with one attached hydrogen (secondary N) is 2. The van der Waals surface area contributed by atoms with Crippen LogP contribution in [0.5, 0.6) is 5.75 Å². The minimum absolute atomic E-state index is 0.277. The lowest BCUT2D eigenvalue weighted by molar-refractivity contribution is 0.252. The highest BCUT2D eigenvalue weighted by molar-refractivity contribution is 6.31. The predicted molar refractivity (Wildman–Crippen MR) is 85.1 cm³/mol. The maximum Gasteiger partial charge on any atom is 0.319 e. The van der Waals surface area contributed by atoms with Crippen LogP contribution in [-0.4, -0.2) is 19.7 Å². The molecule has 2 amide bonds. The maximum atomic E-state index is 13.4. The number of rotatable bonds is 5. The first-order valence-electron chi connectivity index (χ1n) is 6.72. The zero-order chi connectivity index (χ0) is 15.9. The summed E-state index contributed by atoms with van der Waals surface area (Å²) in [4.78, 5) is 11.9. The van der Waals surface area contributed by atoms with Crippen molar-refractivity contribution in [3.05, 3.63) is 58.9 Å². The van der Waals surface area contributed by atoms with Crippen LogP contribution in [0.25, 0.3) is 0 Å². The van der Waals surface area contributed by atoms with Gasteiger partial charge in [0, 0.05) is 11.6 Å². The van der Waals surface area contributed by atoms with Gasteiger partial charge in [-0.3, -0.25) is 0 Å². The molecule has 0 fully saturated rings. The Balaban J connectivity index is 1.88. The van der Waals surface area contributed by atoms with Gasteiger partial charge in [0.05, 0.1) is 12.8 Å². The van der Waals surface area contributed by atoms with Crippen LogP contribution >= 0.6 is 11.6 Å². The molecule has 0 unspecified atom stereocenters. The number of halogens is 2. The third kappa shape index (κ3) is 4.36. The smallest absolute Gasteiger partial charge is 0.319 e. The highest BCUT2D eigenvalue weighted by Crippen LogP contribution is 2.27. The van der Waals surface area contributed by atoms with E-state index in [0.29, 0.717) is 35.0 Å². The van der Waals surface area contributed by atoms with E-state index in [-0.39, 0.29) is 5.82 Å². The Bertz CT molecular complexity index is 664. The van der Waals surface area contributed by atoms with Crippen LogP contribution in [-0.2, 0) is 6.42 Å². The van der Waals surface area contributed by atoms with Crippen molar-refractivity contribution in [1.82, 2.24) is 5.32 Å². The summed E-state index contributed by atoms with van der Waals surface area (Å²) in [6.07, 6.45) is 0.409.